The van der Waals surface area contributed by atoms with Gasteiger partial charge in [-0.25, -0.2) is 13.8 Å². The summed E-state index contributed by atoms with van der Waals surface area (Å²) in [6, 6.07) is 4.29. The molecule has 0 unspecified atom stereocenters. The van der Waals surface area contributed by atoms with E-state index in [4.69, 9.17) is 4.74 Å². The number of rotatable bonds is 7. The zero-order chi connectivity index (χ0) is 20.2. The smallest absolute Gasteiger partial charge is 0.281 e. The van der Waals surface area contributed by atoms with Gasteiger partial charge in [-0.1, -0.05) is 33.6 Å². The Morgan fingerprint density at radius 1 is 1.15 bits per heavy atom. The van der Waals surface area contributed by atoms with Crippen molar-refractivity contribution in [1.29, 1.82) is 0 Å². The summed E-state index contributed by atoms with van der Waals surface area (Å²) in [6.45, 7) is 8.64. The van der Waals surface area contributed by atoms with Crippen LogP contribution in [-0.2, 0) is 0 Å². The van der Waals surface area contributed by atoms with Crippen molar-refractivity contribution >= 4 is 12.0 Å². The molecule has 0 aliphatic heterocycles. The minimum absolute atomic E-state index is 0.200. The summed E-state index contributed by atoms with van der Waals surface area (Å²) in [5, 5.41) is 0. The lowest BCUT2D eigenvalue weighted by Crippen LogP contribution is -2.31. The second-order valence-electron chi connectivity index (χ2n) is 9.13. The first kappa shape index (κ1) is 21.6. The second-order valence-corrected chi connectivity index (χ2v) is 9.13. The van der Waals surface area contributed by atoms with Gasteiger partial charge in [0.2, 0.25) is 0 Å². The van der Waals surface area contributed by atoms with E-state index in [2.05, 4.69) is 16.9 Å². The Hall–Kier alpha value is -1.65. The van der Waals surface area contributed by atoms with E-state index in [1.54, 1.807) is 0 Å². The predicted molar refractivity (Wildman–Crippen MR) is 109 cm³/mol. The number of hydrogen-bond donors (Lipinski definition) is 0. The lowest BCUT2D eigenvalue weighted by Gasteiger charge is -2.26. The van der Waals surface area contributed by atoms with Gasteiger partial charge in [-0.3, -0.25) is 0 Å². The van der Waals surface area contributed by atoms with Crippen LogP contribution in [0, 0.1) is 19.3 Å². The Morgan fingerprint density at radius 3 is 2.37 bits per heavy atom. The molecule has 0 saturated heterocycles. The molecule has 0 radical (unpaired) electrons. The summed E-state index contributed by atoms with van der Waals surface area (Å²) in [4.78, 5) is 6.79. The molecule has 1 saturated carbocycles. The lowest BCUT2D eigenvalue weighted by molar-refractivity contribution is -0.0696. The molecule has 0 heterocycles. The minimum Gasteiger partial charge on any atom is -0.487 e. The highest BCUT2D eigenvalue weighted by molar-refractivity contribution is 5.65. The van der Waals surface area contributed by atoms with Gasteiger partial charge in [0.05, 0.1) is 12.0 Å². The number of benzene rings is 1. The molecule has 1 aromatic rings. The third-order valence-corrected chi connectivity index (χ3v) is 5.00. The Kier molecular flexibility index (Phi) is 6.87. The maximum atomic E-state index is 14.1. The fourth-order valence-corrected chi connectivity index (χ4v) is 3.64. The van der Waals surface area contributed by atoms with Gasteiger partial charge in [0.15, 0.2) is 6.61 Å². The molecule has 0 atom stereocenters. The van der Waals surface area contributed by atoms with Gasteiger partial charge < -0.3 is 9.64 Å². The summed E-state index contributed by atoms with van der Waals surface area (Å²) in [6.07, 6.45) is 6.69. The molecule has 1 aliphatic rings. The van der Waals surface area contributed by atoms with Gasteiger partial charge in [-0.2, -0.15) is 0 Å². The molecule has 27 heavy (non-hydrogen) atoms. The molecule has 1 aromatic carbocycles. The molecular formula is C22H34F2N2O. The fraction of sp³-hybridized carbons (Fsp3) is 0.682. The van der Waals surface area contributed by atoms with Gasteiger partial charge in [0.1, 0.15) is 5.75 Å². The van der Waals surface area contributed by atoms with Crippen molar-refractivity contribution in [3.05, 3.63) is 23.3 Å². The van der Waals surface area contributed by atoms with Crippen molar-refractivity contribution in [3.8, 4) is 5.75 Å². The molecule has 0 bridgehead atoms. The van der Waals surface area contributed by atoms with Crippen LogP contribution in [0.1, 0.15) is 64.0 Å². The highest BCUT2D eigenvalue weighted by atomic mass is 19.3. The molecule has 5 heteroatoms. The van der Waals surface area contributed by atoms with Crippen LogP contribution >= 0.6 is 0 Å². The van der Waals surface area contributed by atoms with Gasteiger partial charge in [0, 0.05) is 19.5 Å². The van der Waals surface area contributed by atoms with E-state index in [0.717, 1.165) is 16.8 Å². The molecule has 0 spiro atoms. The number of hydrogen-bond acceptors (Lipinski definition) is 2. The number of ether oxygens (including phenoxy) is 1. The first-order chi connectivity index (χ1) is 12.5. The maximum Gasteiger partial charge on any atom is 0.281 e. The fourth-order valence-electron chi connectivity index (χ4n) is 3.64. The van der Waals surface area contributed by atoms with Crippen molar-refractivity contribution in [2.24, 2.45) is 10.4 Å². The third kappa shape index (κ3) is 6.78. The number of aryl methyl sites for hydroxylation is 2. The van der Waals surface area contributed by atoms with Crippen LogP contribution in [0.3, 0.4) is 0 Å². The van der Waals surface area contributed by atoms with Crippen molar-refractivity contribution in [2.75, 3.05) is 13.7 Å². The first-order valence-electron chi connectivity index (χ1n) is 9.85. The van der Waals surface area contributed by atoms with Crippen LogP contribution in [0.5, 0.6) is 5.75 Å². The van der Waals surface area contributed by atoms with E-state index in [-0.39, 0.29) is 6.42 Å². The monoisotopic (exact) mass is 380 g/mol. The summed E-state index contributed by atoms with van der Waals surface area (Å²) in [5.74, 6) is -2.34. The molecule has 2 rings (SSSR count). The largest absolute Gasteiger partial charge is 0.487 e. The molecule has 152 valence electrons. The third-order valence-electron chi connectivity index (χ3n) is 5.00. The summed E-state index contributed by atoms with van der Waals surface area (Å²) < 4.78 is 33.7. The zero-order valence-corrected chi connectivity index (χ0v) is 17.6. The first-order valence-corrected chi connectivity index (χ1v) is 9.85. The predicted octanol–water partition coefficient (Wildman–Crippen LogP) is 6.29. The lowest BCUT2D eigenvalue weighted by atomic mass is 9.89. The normalized spacial score (nSPS) is 16.3. The highest BCUT2D eigenvalue weighted by Gasteiger charge is 2.35. The van der Waals surface area contributed by atoms with Gasteiger partial charge in [-0.05, 0) is 55.4 Å². The quantitative estimate of drug-likeness (QED) is 0.410. The number of aliphatic imine (C=N–C) groups is 1. The topological polar surface area (TPSA) is 24.8 Å². The average molecular weight is 381 g/mol. The molecule has 0 N–H and O–H groups in total. The molecule has 1 aliphatic carbocycles. The van der Waals surface area contributed by atoms with Crippen LogP contribution in [-0.4, -0.2) is 36.9 Å². The average Bonchev–Trinajstić information content (AvgIpc) is 3.06. The molecule has 1 fully saturated rings. The van der Waals surface area contributed by atoms with Gasteiger partial charge in [-0.15, -0.1) is 0 Å². The van der Waals surface area contributed by atoms with Crippen LogP contribution in [0.25, 0.3) is 0 Å². The Bertz CT molecular complexity index is 659. The van der Waals surface area contributed by atoms with Crippen molar-refractivity contribution in [1.82, 2.24) is 4.90 Å². The standard InChI is InChI=1S/C22H34F2N2O/c1-16-12-20(27-14-22(23,24)13-21(3,4)5)17(2)11-19(16)25-15-26(6)18-9-7-8-10-18/h11-12,15,18H,7-10,13-14H2,1-6H3. The number of alkyl halides is 2. The van der Waals surface area contributed by atoms with Crippen LogP contribution in [0.2, 0.25) is 0 Å². The van der Waals surface area contributed by atoms with Crippen LogP contribution < -0.4 is 4.74 Å². The van der Waals surface area contributed by atoms with Crippen molar-refractivity contribution in [2.45, 2.75) is 78.7 Å². The van der Waals surface area contributed by atoms with E-state index in [0.29, 0.717) is 11.8 Å². The summed E-state index contributed by atoms with van der Waals surface area (Å²) in [7, 11) is 2.07. The van der Waals surface area contributed by atoms with Crippen LogP contribution in [0.4, 0.5) is 14.5 Å². The molecule has 0 amide bonds. The Morgan fingerprint density at radius 2 is 1.78 bits per heavy atom. The number of halogens is 2. The van der Waals surface area contributed by atoms with E-state index in [1.165, 1.54) is 25.7 Å². The van der Waals surface area contributed by atoms with E-state index >= 15 is 0 Å². The molecular weight excluding hydrogens is 346 g/mol. The minimum atomic E-state index is -2.85. The molecule has 3 nitrogen and oxygen atoms in total. The van der Waals surface area contributed by atoms with Gasteiger partial charge in [0.25, 0.3) is 5.92 Å². The second kappa shape index (κ2) is 8.57. The molecule has 0 aromatic heterocycles. The highest BCUT2D eigenvalue weighted by Crippen LogP contribution is 2.34. The summed E-state index contributed by atoms with van der Waals surface area (Å²) in [5.41, 5.74) is 2.15. The van der Waals surface area contributed by atoms with E-state index in [1.807, 2.05) is 53.1 Å². The van der Waals surface area contributed by atoms with Gasteiger partial charge >= 0.3 is 0 Å². The zero-order valence-electron chi connectivity index (χ0n) is 17.6. The number of nitrogens with zero attached hydrogens (tertiary/aromatic N) is 2. The van der Waals surface area contributed by atoms with E-state index < -0.39 is 17.9 Å². The van der Waals surface area contributed by atoms with Crippen molar-refractivity contribution < 1.29 is 13.5 Å². The van der Waals surface area contributed by atoms with Crippen LogP contribution in [0.15, 0.2) is 17.1 Å². The SMILES string of the molecule is Cc1cc(OCC(F)(F)CC(C)(C)C)c(C)cc1N=CN(C)C1CCCC1. The van der Waals surface area contributed by atoms with E-state index in [9.17, 15) is 8.78 Å². The summed E-state index contributed by atoms with van der Waals surface area (Å²) >= 11 is 0. The van der Waals surface area contributed by atoms with Crippen molar-refractivity contribution in [3.63, 3.8) is 0 Å². The maximum absolute atomic E-state index is 14.1. The Labute approximate surface area is 162 Å². The Balaban J connectivity index is 2.03.